The highest BCUT2D eigenvalue weighted by Gasteiger charge is 2.30. The highest BCUT2D eigenvalue weighted by atomic mass is 35.5. The summed E-state index contributed by atoms with van der Waals surface area (Å²) in [6, 6.07) is 24.1. The van der Waals surface area contributed by atoms with Gasteiger partial charge >= 0.3 is 11.9 Å². The normalized spacial score (nSPS) is 11.9. The van der Waals surface area contributed by atoms with Gasteiger partial charge in [-0.3, -0.25) is 39.3 Å². The second-order valence-electron chi connectivity index (χ2n) is 19.0. The first kappa shape index (κ1) is 60.1. The standard InChI is InChI=1S/C60H56Cl2N8O10S2/c1-37-43(33-79-57-17-55(77-31-41-13-39(19-63)21-65-23-41)45(15-51(57)61)27-69(29-47-25-67-35-81-47)53(9-11-71)59(73)74)5-3-7-49(37)50-8-4-6-44(38(50)2)34-80-58-18-56(78-32-42-14-40(20-64)22-66-24-42)46(16-52(58)62)28-70(30-48-26-68-36-82-48)54(10-12-72)60(75)76/h3-8,13-18,21-26,35-36,53-54,71-72H,9-12,27-34H2,1-2H3,(H,73,74)(H,75,76). The molecule has 2 atom stereocenters. The maximum atomic E-state index is 12.6. The summed E-state index contributed by atoms with van der Waals surface area (Å²) in [5.74, 6) is -0.839. The molecule has 0 spiro atoms. The zero-order chi connectivity index (χ0) is 58.1. The van der Waals surface area contributed by atoms with Crippen LogP contribution in [-0.4, -0.2) is 87.4 Å². The van der Waals surface area contributed by atoms with Crippen molar-refractivity contribution in [2.75, 3.05) is 13.2 Å². The van der Waals surface area contributed by atoms with Gasteiger partial charge in [-0.25, -0.2) is 0 Å². The van der Waals surface area contributed by atoms with Crippen LogP contribution in [0.15, 0.2) is 121 Å². The molecule has 4 N–H and O–H groups in total. The zero-order valence-corrected chi connectivity index (χ0v) is 47.7. The summed E-state index contributed by atoms with van der Waals surface area (Å²) in [5, 5.41) is 59.9. The molecule has 8 aromatic rings. The van der Waals surface area contributed by atoms with Gasteiger partial charge in [0.05, 0.1) is 32.2 Å². The van der Waals surface area contributed by atoms with E-state index in [-0.39, 0.29) is 88.7 Å². The number of carboxylic acids is 2. The van der Waals surface area contributed by atoms with Crippen molar-refractivity contribution >= 4 is 57.8 Å². The SMILES string of the molecule is Cc1c(COc2cc(OCc3cncc(C#N)c3)c(CN(Cc3cncs3)C(CCO)C(=O)O)cc2Cl)cccc1-c1cccc(COc2cc(OCc3cncc(C#N)c3)c(CN(Cc3cncs3)C(CCO)C(=O)O)cc2Cl)c1C. The van der Waals surface area contributed by atoms with Gasteiger partial charge in [0.2, 0.25) is 0 Å². The number of benzene rings is 4. The number of hydrogen-bond acceptors (Lipinski definition) is 18. The van der Waals surface area contributed by atoms with Gasteiger partial charge in [0, 0.05) is 121 Å². The number of thiazole rings is 2. The number of aliphatic hydroxyl groups is 2. The molecule has 8 rings (SSSR count). The van der Waals surface area contributed by atoms with E-state index in [9.17, 15) is 40.5 Å². The van der Waals surface area contributed by atoms with E-state index in [0.29, 0.717) is 56.4 Å². The first-order valence-corrected chi connectivity index (χ1v) is 28.2. The van der Waals surface area contributed by atoms with Crippen molar-refractivity contribution in [3.63, 3.8) is 0 Å². The number of carboxylic acid groups (broad SMARTS) is 2. The summed E-state index contributed by atoms with van der Waals surface area (Å²) in [6.07, 6.45) is 9.40. The lowest BCUT2D eigenvalue weighted by Gasteiger charge is -2.29. The fourth-order valence-corrected chi connectivity index (χ4v) is 11.0. The van der Waals surface area contributed by atoms with E-state index in [0.717, 1.165) is 43.1 Å². The monoisotopic (exact) mass is 1180 g/mol. The van der Waals surface area contributed by atoms with Gasteiger partial charge in [-0.1, -0.05) is 59.6 Å². The predicted octanol–water partition coefficient (Wildman–Crippen LogP) is 10.7. The maximum Gasteiger partial charge on any atom is 0.321 e. The summed E-state index contributed by atoms with van der Waals surface area (Å²) in [6.45, 7) is 4.25. The van der Waals surface area contributed by atoms with Crippen molar-refractivity contribution in [3.05, 3.63) is 196 Å². The van der Waals surface area contributed by atoms with Crippen LogP contribution < -0.4 is 18.9 Å². The van der Waals surface area contributed by atoms with Crippen molar-refractivity contribution in [1.29, 1.82) is 10.5 Å². The van der Waals surface area contributed by atoms with Crippen LogP contribution >= 0.6 is 45.9 Å². The van der Waals surface area contributed by atoms with E-state index >= 15 is 0 Å². The van der Waals surface area contributed by atoms with Crippen molar-refractivity contribution in [2.24, 2.45) is 0 Å². The van der Waals surface area contributed by atoms with Gasteiger partial charge in [0.1, 0.15) is 73.6 Å². The molecule has 4 aromatic heterocycles. The largest absolute Gasteiger partial charge is 0.488 e. The summed E-state index contributed by atoms with van der Waals surface area (Å²) in [4.78, 5) is 46.9. The van der Waals surface area contributed by atoms with Crippen LogP contribution in [-0.2, 0) is 62.2 Å². The maximum absolute atomic E-state index is 12.6. The summed E-state index contributed by atoms with van der Waals surface area (Å²) < 4.78 is 25.8. The molecule has 82 heavy (non-hydrogen) atoms. The van der Waals surface area contributed by atoms with E-state index in [4.69, 9.17) is 42.1 Å². The number of pyridine rings is 2. The van der Waals surface area contributed by atoms with E-state index in [1.807, 2.05) is 50.2 Å². The molecule has 0 fully saturated rings. The Labute approximate surface area is 491 Å². The third-order valence-corrected chi connectivity index (χ3v) is 15.6. The van der Waals surface area contributed by atoms with Crippen LogP contribution in [0, 0.1) is 36.5 Å². The van der Waals surface area contributed by atoms with Gasteiger partial charge in [0.15, 0.2) is 0 Å². The molecule has 0 amide bonds. The predicted molar refractivity (Wildman–Crippen MR) is 308 cm³/mol. The second-order valence-corrected chi connectivity index (χ2v) is 21.7. The Morgan fingerprint density at radius 3 is 1.33 bits per heavy atom. The fraction of sp³-hybridized carbons (Fsp3) is 0.267. The van der Waals surface area contributed by atoms with Crippen LogP contribution in [0.5, 0.6) is 23.0 Å². The van der Waals surface area contributed by atoms with Crippen molar-refractivity contribution in [3.8, 4) is 46.3 Å². The lowest BCUT2D eigenvalue weighted by molar-refractivity contribution is -0.145. The molecular weight excluding hydrogens is 1130 g/mol. The molecule has 18 nitrogen and oxygen atoms in total. The van der Waals surface area contributed by atoms with Gasteiger partial charge in [-0.05, 0) is 84.3 Å². The summed E-state index contributed by atoms with van der Waals surface area (Å²) in [5.41, 5.74) is 12.0. The van der Waals surface area contributed by atoms with E-state index in [1.165, 1.54) is 35.1 Å². The van der Waals surface area contributed by atoms with Crippen LogP contribution in [0.3, 0.4) is 0 Å². The molecule has 4 aromatic carbocycles. The van der Waals surface area contributed by atoms with Gasteiger partial charge in [-0.15, -0.1) is 22.7 Å². The second kappa shape index (κ2) is 29.1. The Kier molecular flexibility index (Phi) is 21.3. The number of rotatable bonds is 29. The lowest BCUT2D eigenvalue weighted by atomic mass is 9.92. The number of hydrogen-bond donors (Lipinski definition) is 4. The van der Waals surface area contributed by atoms with Crippen LogP contribution in [0.2, 0.25) is 10.0 Å². The molecule has 0 bridgehead atoms. The average molecular weight is 1180 g/mol. The quantitative estimate of drug-likeness (QED) is 0.0340. The molecule has 0 aliphatic rings. The zero-order valence-electron chi connectivity index (χ0n) is 44.6. The Morgan fingerprint density at radius 2 is 0.963 bits per heavy atom. The van der Waals surface area contributed by atoms with Gasteiger partial charge < -0.3 is 39.4 Å². The molecule has 422 valence electrons. The third kappa shape index (κ3) is 15.7. The Hall–Kier alpha value is -8.02. The smallest absolute Gasteiger partial charge is 0.321 e. The number of nitrogens with zero attached hydrogens (tertiary/aromatic N) is 8. The highest BCUT2D eigenvalue weighted by Crippen LogP contribution is 2.39. The minimum absolute atomic E-state index is 0.0208. The number of aromatic nitrogens is 4. The Morgan fingerprint density at radius 1 is 0.549 bits per heavy atom. The molecule has 4 heterocycles. The molecule has 0 saturated heterocycles. The molecule has 2 unspecified atom stereocenters. The van der Waals surface area contributed by atoms with E-state index in [2.05, 4.69) is 32.1 Å². The third-order valence-electron chi connectivity index (χ3n) is 13.5. The first-order valence-electron chi connectivity index (χ1n) is 25.7. The van der Waals surface area contributed by atoms with Crippen molar-refractivity contribution in [1.82, 2.24) is 29.7 Å². The molecule has 0 aliphatic carbocycles. The van der Waals surface area contributed by atoms with Crippen LogP contribution in [0.1, 0.15) is 78.2 Å². The highest BCUT2D eigenvalue weighted by molar-refractivity contribution is 7.09. The first-order chi connectivity index (χ1) is 39.7. The van der Waals surface area contributed by atoms with Gasteiger partial charge in [-0.2, -0.15) is 10.5 Å². The molecule has 22 heteroatoms. The van der Waals surface area contributed by atoms with E-state index in [1.54, 1.807) is 82.0 Å². The number of aliphatic hydroxyl groups excluding tert-OH is 2. The number of aliphatic carboxylic acids is 2. The molecule has 0 radical (unpaired) electrons. The van der Waals surface area contributed by atoms with Crippen LogP contribution in [0.4, 0.5) is 0 Å². The summed E-state index contributed by atoms with van der Waals surface area (Å²) in [7, 11) is 0. The Bertz CT molecular complexity index is 3350. The average Bonchev–Trinajstić information content (AvgIpc) is 4.33. The fourth-order valence-electron chi connectivity index (χ4n) is 9.24. The number of nitriles is 2. The lowest BCUT2D eigenvalue weighted by Crippen LogP contribution is -2.41. The van der Waals surface area contributed by atoms with Crippen LogP contribution in [0.25, 0.3) is 11.1 Å². The van der Waals surface area contributed by atoms with E-state index < -0.39 is 24.0 Å². The minimum atomic E-state index is -1.10. The minimum Gasteiger partial charge on any atom is -0.488 e. The molecular formula is C60H56Cl2N8O10S2. The topological polar surface area (TPSA) is 258 Å². The summed E-state index contributed by atoms with van der Waals surface area (Å²) >= 11 is 16.8. The molecule has 0 aliphatic heterocycles. The number of halogens is 2. The number of ether oxygens (including phenoxy) is 4. The van der Waals surface area contributed by atoms with Crippen molar-refractivity contribution in [2.45, 2.75) is 91.4 Å². The molecule has 0 saturated carbocycles. The number of carbonyl (C=O) groups is 2. The van der Waals surface area contributed by atoms with Gasteiger partial charge in [0.25, 0.3) is 0 Å². The Balaban J connectivity index is 1.04. The van der Waals surface area contributed by atoms with Crippen molar-refractivity contribution < 1.29 is 49.0 Å².